The summed E-state index contributed by atoms with van der Waals surface area (Å²) >= 11 is 0. The molecule has 2 rings (SSSR count). The normalized spacial score (nSPS) is 19.5. The number of benzene rings is 1. The van der Waals surface area contributed by atoms with E-state index in [0.717, 1.165) is 19.4 Å². The molecule has 0 aromatic heterocycles. The summed E-state index contributed by atoms with van der Waals surface area (Å²) in [5.74, 6) is 0.211. The Hall–Kier alpha value is -1.71. The fraction of sp³-hybridized carbons (Fsp3) is 0.571. The van der Waals surface area contributed by atoms with E-state index in [9.17, 15) is 18.5 Å². The van der Waals surface area contributed by atoms with E-state index in [0.29, 0.717) is 13.1 Å². The molecular formula is C14H21N3O5S. The van der Waals surface area contributed by atoms with E-state index in [4.69, 9.17) is 4.74 Å². The van der Waals surface area contributed by atoms with Gasteiger partial charge in [0.2, 0.25) is 10.0 Å². The molecule has 0 aliphatic carbocycles. The number of sulfonamides is 1. The van der Waals surface area contributed by atoms with Gasteiger partial charge in [0.25, 0.3) is 0 Å². The van der Waals surface area contributed by atoms with Crippen molar-refractivity contribution in [2.45, 2.75) is 17.7 Å². The van der Waals surface area contributed by atoms with Gasteiger partial charge in [-0.3, -0.25) is 10.1 Å². The van der Waals surface area contributed by atoms with Crippen LogP contribution in [0.2, 0.25) is 0 Å². The third kappa shape index (κ3) is 3.80. The Labute approximate surface area is 135 Å². The first kappa shape index (κ1) is 17.6. The van der Waals surface area contributed by atoms with Crippen LogP contribution in [0.25, 0.3) is 0 Å². The minimum atomic E-state index is -3.69. The summed E-state index contributed by atoms with van der Waals surface area (Å²) in [5.41, 5.74) is -0.252. The maximum Gasteiger partial charge on any atom is 0.310 e. The molecule has 1 aliphatic rings. The lowest BCUT2D eigenvalue weighted by molar-refractivity contribution is -0.385. The first-order valence-electron chi connectivity index (χ1n) is 7.37. The topological polar surface area (TPSA) is 102 Å². The van der Waals surface area contributed by atoms with Crippen molar-refractivity contribution in [3.63, 3.8) is 0 Å². The quantitative estimate of drug-likeness (QED) is 0.615. The molecule has 23 heavy (non-hydrogen) atoms. The van der Waals surface area contributed by atoms with Crippen LogP contribution < -0.4 is 10.1 Å². The molecule has 0 bridgehead atoms. The van der Waals surface area contributed by atoms with E-state index in [1.165, 1.54) is 29.6 Å². The molecule has 0 saturated carbocycles. The fourth-order valence-electron chi connectivity index (χ4n) is 2.82. The molecule has 8 nitrogen and oxygen atoms in total. The van der Waals surface area contributed by atoms with Crippen LogP contribution in [0.3, 0.4) is 0 Å². The molecule has 0 radical (unpaired) electrons. The summed E-state index contributed by atoms with van der Waals surface area (Å²) in [5, 5.41) is 14.0. The number of nitrogens with zero attached hydrogens (tertiary/aromatic N) is 2. The third-order valence-electron chi connectivity index (χ3n) is 3.96. The second-order valence-corrected chi connectivity index (χ2v) is 7.46. The van der Waals surface area contributed by atoms with E-state index in [2.05, 4.69) is 5.32 Å². The molecule has 1 heterocycles. The van der Waals surface area contributed by atoms with Gasteiger partial charge in [-0.15, -0.1) is 0 Å². The summed E-state index contributed by atoms with van der Waals surface area (Å²) in [6.07, 6.45) is 1.78. The molecular weight excluding hydrogens is 322 g/mol. The largest absolute Gasteiger partial charge is 0.490 e. The lowest BCUT2D eigenvalue weighted by atomic mass is 10.00. The molecule has 1 N–H and O–H groups in total. The highest BCUT2D eigenvalue weighted by Gasteiger charge is 2.31. The number of ether oxygens (including phenoxy) is 1. The first-order valence-corrected chi connectivity index (χ1v) is 8.81. The molecule has 0 spiro atoms. The van der Waals surface area contributed by atoms with Crippen molar-refractivity contribution < 1.29 is 18.1 Å². The molecule has 9 heteroatoms. The van der Waals surface area contributed by atoms with E-state index >= 15 is 0 Å². The maximum atomic E-state index is 12.8. The standard InChI is InChI=1S/C14H21N3O5S/c1-15-9-11-4-3-7-16(10-11)23(20,21)12-5-6-13(17(18)19)14(8-12)22-2/h5-6,8,11,15H,3-4,7,9-10H2,1-2H3. The van der Waals surface area contributed by atoms with E-state index in [1.807, 2.05) is 7.05 Å². The van der Waals surface area contributed by atoms with E-state index in [1.54, 1.807) is 0 Å². The second-order valence-electron chi connectivity index (χ2n) is 5.52. The predicted molar refractivity (Wildman–Crippen MR) is 85.1 cm³/mol. The van der Waals surface area contributed by atoms with Gasteiger partial charge in [-0.2, -0.15) is 4.31 Å². The van der Waals surface area contributed by atoms with Gasteiger partial charge in [-0.05, 0) is 38.4 Å². The van der Waals surface area contributed by atoms with Crippen molar-refractivity contribution in [2.24, 2.45) is 5.92 Å². The van der Waals surface area contributed by atoms with Crippen LogP contribution >= 0.6 is 0 Å². The Morgan fingerprint density at radius 1 is 1.48 bits per heavy atom. The lowest BCUT2D eigenvalue weighted by Gasteiger charge is -2.31. The number of nitrogens with one attached hydrogen (secondary N) is 1. The third-order valence-corrected chi connectivity index (χ3v) is 5.82. The predicted octanol–water partition coefficient (Wildman–Crippen LogP) is 1.22. The maximum absolute atomic E-state index is 12.8. The monoisotopic (exact) mass is 343 g/mol. The minimum Gasteiger partial charge on any atom is -0.490 e. The average Bonchev–Trinajstić information content (AvgIpc) is 2.54. The zero-order chi connectivity index (χ0) is 17.0. The van der Waals surface area contributed by atoms with Crippen LogP contribution in [0.1, 0.15) is 12.8 Å². The van der Waals surface area contributed by atoms with Crippen LogP contribution in [-0.2, 0) is 10.0 Å². The minimum absolute atomic E-state index is 0.0186. The Balaban J connectivity index is 2.30. The number of nitro groups is 1. The van der Waals surface area contributed by atoms with Gasteiger partial charge in [0, 0.05) is 25.2 Å². The first-order chi connectivity index (χ1) is 10.9. The van der Waals surface area contributed by atoms with Crippen molar-refractivity contribution in [1.82, 2.24) is 9.62 Å². The van der Waals surface area contributed by atoms with Crippen LogP contribution in [0, 0.1) is 16.0 Å². The van der Waals surface area contributed by atoms with E-state index < -0.39 is 14.9 Å². The Morgan fingerprint density at radius 3 is 2.83 bits per heavy atom. The molecule has 0 amide bonds. The number of methoxy groups -OCH3 is 1. The Bertz CT molecular complexity index is 675. The fourth-order valence-corrected chi connectivity index (χ4v) is 4.39. The molecule has 1 atom stereocenters. The summed E-state index contributed by atoms with van der Waals surface area (Å²) in [7, 11) is -0.563. The average molecular weight is 343 g/mol. The van der Waals surface area contributed by atoms with Gasteiger partial charge in [0.15, 0.2) is 5.75 Å². The zero-order valence-electron chi connectivity index (χ0n) is 13.2. The van der Waals surface area contributed by atoms with Crippen molar-refractivity contribution in [2.75, 3.05) is 33.8 Å². The number of hydrogen-bond acceptors (Lipinski definition) is 6. The summed E-state index contributed by atoms with van der Waals surface area (Å²) in [6.45, 7) is 1.67. The molecule has 1 aromatic rings. The molecule has 128 valence electrons. The number of piperidine rings is 1. The van der Waals surface area contributed by atoms with Gasteiger partial charge in [-0.1, -0.05) is 0 Å². The van der Waals surface area contributed by atoms with Crippen LogP contribution in [0.15, 0.2) is 23.1 Å². The lowest BCUT2D eigenvalue weighted by Crippen LogP contribution is -2.42. The van der Waals surface area contributed by atoms with Crippen molar-refractivity contribution >= 4 is 15.7 Å². The summed E-state index contributed by atoms with van der Waals surface area (Å²) in [6, 6.07) is 3.65. The zero-order valence-corrected chi connectivity index (χ0v) is 14.0. The highest BCUT2D eigenvalue weighted by atomic mass is 32.2. The highest BCUT2D eigenvalue weighted by molar-refractivity contribution is 7.89. The Morgan fingerprint density at radius 2 is 2.22 bits per heavy atom. The van der Waals surface area contributed by atoms with Crippen LogP contribution in [0.4, 0.5) is 5.69 Å². The van der Waals surface area contributed by atoms with E-state index in [-0.39, 0.29) is 22.3 Å². The van der Waals surface area contributed by atoms with Crippen LogP contribution in [0.5, 0.6) is 5.75 Å². The Kier molecular flexibility index (Phi) is 5.55. The molecule has 1 unspecified atom stereocenters. The summed E-state index contributed by atoms with van der Waals surface area (Å²) in [4.78, 5) is 10.3. The molecule has 1 fully saturated rings. The smallest absolute Gasteiger partial charge is 0.310 e. The summed E-state index contributed by atoms with van der Waals surface area (Å²) < 4.78 is 31.9. The van der Waals surface area contributed by atoms with Gasteiger partial charge in [0.05, 0.1) is 16.9 Å². The number of rotatable bonds is 6. The van der Waals surface area contributed by atoms with Crippen molar-refractivity contribution in [1.29, 1.82) is 0 Å². The van der Waals surface area contributed by atoms with Crippen molar-refractivity contribution in [3.8, 4) is 5.75 Å². The number of hydrogen-bond donors (Lipinski definition) is 1. The second kappa shape index (κ2) is 7.24. The van der Waals surface area contributed by atoms with Gasteiger partial charge >= 0.3 is 5.69 Å². The molecule has 1 aromatic carbocycles. The van der Waals surface area contributed by atoms with Gasteiger partial charge < -0.3 is 10.1 Å². The van der Waals surface area contributed by atoms with Gasteiger partial charge in [0.1, 0.15) is 0 Å². The molecule has 1 saturated heterocycles. The van der Waals surface area contributed by atoms with Crippen LogP contribution in [-0.4, -0.2) is 51.4 Å². The van der Waals surface area contributed by atoms with Crippen molar-refractivity contribution in [3.05, 3.63) is 28.3 Å². The SMILES string of the molecule is CNCC1CCCN(S(=O)(=O)c2ccc([N+](=O)[O-])c(OC)c2)C1. The number of nitro benzene ring substituents is 1. The van der Waals surface area contributed by atoms with Gasteiger partial charge in [-0.25, -0.2) is 8.42 Å². The highest BCUT2D eigenvalue weighted by Crippen LogP contribution is 2.31. The molecule has 1 aliphatic heterocycles.